The number of benzene rings is 2. The fraction of sp³-hybridized carbons (Fsp3) is 0.304. The minimum atomic E-state index is -4.59. The molecule has 2 aromatic carbocycles. The lowest BCUT2D eigenvalue weighted by Gasteiger charge is -2.25. The van der Waals surface area contributed by atoms with E-state index in [0.29, 0.717) is 5.69 Å². The molecule has 0 radical (unpaired) electrons. The van der Waals surface area contributed by atoms with Crippen LogP contribution >= 0.6 is 0 Å². The van der Waals surface area contributed by atoms with Crippen molar-refractivity contribution < 1.29 is 17.9 Å². The Hall–Kier alpha value is -3.09. The van der Waals surface area contributed by atoms with E-state index in [-0.39, 0.29) is 23.9 Å². The first-order valence-corrected chi connectivity index (χ1v) is 9.51. The quantitative estimate of drug-likeness (QED) is 0.502. The second-order valence-corrected chi connectivity index (χ2v) is 8.02. The third-order valence-electron chi connectivity index (χ3n) is 4.68. The van der Waals surface area contributed by atoms with Crippen LogP contribution in [0.1, 0.15) is 37.5 Å². The summed E-state index contributed by atoms with van der Waals surface area (Å²) in [7, 11) is 1.56. The summed E-state index contributed by atoms with van der Waals surface area (Å²) in [5, 5.41) is 0. The molecular weight excluding hydrogens is 391 g/mol. The minimum Gasteiger partial charge on any atom is -0.459 e. The highest BCUT2D eigenvalue weighted by atomic mass is 19.4. The summed E-state index contributed by atoms with van der Waals surface area (Å²) in [5.41, 5.74) is 1.42. The molecule has 0 amide bonds. The van der Waals surface area contributed by atoms with Crippen molar-refractivity contribution in [2.24, 2.45) is 0 Å². The highest BCUT2D eigenvalue weighted by molar-refractivity contribution is 5.63. The number of halogens is 3. The van der Waals surface area contributed by atoms with E-state index in [1.807, 2.05) is 69.3 Å². The van der Waals surface area contributed by atoms with Gasteiger partial charge in [-0.3, -0.25) is 0 Å². The van der Waals surface area contributed by atoms with E-state index in [1.165, 1.54) is 4.90 Å². The normalized spacial score (nSPS) is 12.0. The average molecular weight is 415 g/mol. The van der Waals surface area contributed by atoms with Crippen LogP contribution < -0.4 is 9.64 Å². The van der Waals surface area contributed by atoms with Gasteiger partial charge in [-0.2, -0.15) is 18.2 Å². The van der Waals surface area contributed by atoms with Gasteiger partial charge >= 0.3 is 12.2 Å². The highest BCUT2D eigenvalue weighted by Gasteiger charge is 2.37. The highest BCUT2D eigenvalue weighted by Crippen LogP contribution is 2.38. The van der Waals surface area contributed by atoms with E-state index >= 15 is 0 Å². The largest absolute Gasteiger partial charge is 0.459 e. The predicted molar refractivity (Wildman–Crippen MR) is 111 cm³/mol. The second kappa shape index (κ2) is 8.34. The zero-order chi connectivity index (χ0) is 21.9. The fourth-order valence-corrected chi connectivity index (χ4v) is 2.91. The number of alkyl halides is 3. The maximum absolute atomic E-state index is 13.6. The zero-order valence-corrected chi connectivity index (χ0v) is 17.4. The number of anilines is 2. The smallest absolute Gasteiger partial charge is 0.421 e. The number of hydrogen-bond donors (Lipinski definition) is 0. The molecular formula is C23H24F3N3O. The molecule has 0 aliphatic rings. The molecule has 158 valence electrons. The van der Waals surface area contributed by atoms with Crippen LogP contribution in [0.2, 0.25) is 0 Å². The van der Waals surface area contributed by atoms with Gasteiger partial charge in [0.05, 0.1) is 0 Å². The van der Waals surface area contributed by atoms with E-state index in [9.17, 15) is 13.2 Å². The van der Waals surface area contributed by atoms with Crippen LogP contribution in [0, 0.1) is 0 Å². The Balaban J connectivity index is 1.96. The van der Waals surface area contributed by atoms with E-state index in [2.05, 4.69) is 9.97 Å². The summed E-state index contributed by atoms with van der Waals surface area (Å²) in [6, 6.07) is 16.6. The molecule has 1 heterocycles. The molecule has 0 unspecified atom stereocenters. The van der Waals surface area contributed by atoms with Gasteiger partial charge in [0.2, 0.25) is 0 Å². The van der Waals surface area contributed by atoms with Gasteiger partial charge in [-0.05, 0) is 28.7 Å². The van der Waals surface area contributed by atoms with Gasteiger partial charge in [-0.25, -0.2) is 4.98 Å². The summed E-state index contributed by atoms with van der Waals surface area (Å²) in [6.45, 7) is 6.31. The van der Waals surface area contributed by atoms with Gasteiger partial charge in [-0.1, -0.05) is 63.2 Å². The second-order valence-electron chi connectivity index (χ2n) is 8.02. The Morgan fingerprint density at radius 2 is 1.67 bits per heavy atom. The van der Waals surface area contributed by atoms with E-state index < -0.39 is 11.7 Å². The predicted octanol–water partition coefficient (Wildman–Crippen LogP) is 6.14. The van der Waals surface area contributed by atoms with Crippen molar-refractivity contribution in [2.75, 3.05) is 11.9 Å². The molecule has 0 saturated heterocycles. The van der Waals surface area contributed by atoms with Crippen molar-refractivity contribution in [3.63, 3.8) is 0 Å². The van der Waals surface area contributed by atoms with Crippen LogP contribution in [0.3, 0.4) is 0 Å². The van der Waals surface area contributed by atoms with Gasteiger partial charge in [-0.15, -0.1) is 0 Å². The van der Waals surface area contributed by atoms with E-state index in [1.54, 1.807) is 13.1 Å². The average Bonchev–Trinajstić information content (AvgIpc) is 2.71. The number of ether oxygens (including phenoxy) is 1. The molecule has 1 aromatic heterocycles. The molecule has 0 spiro atoms. The van der Waals surface area contributed by atoms with Gasteiger partial charge in [0, 0.05) is 18.9 Å². The molecule has 30 heavy (non-hydrogen) atoms. The van der Waals surface area contributed by atoms with Crippen LogP contribution in [0.15, 0.2) is 60.8 Å². The Morgan fingerprint density at radius 1 is 0.967 bits per heavy atom. The molecule has 0 N–H and O–H groups in total. The topological polar surface area (TPSA) is 38.2 Å². The van der Waals surface area contributed by atoms with Crippen molar-refractivity contribution in [3.8, 4) is 6.01 Å². The summed E-state index contributed by atoms with van der Waals surface area (Å²) in [6.07, 6.45) is -3.82. The molecule has 0 aliphatic carbocycles. The molecule has 0 fully saturated rings. The van der Waals surface area contributed by atoms with E-state index in [4.69, 9.17) is 4.74 Å². The lowest BCUT2D eigenvalue weighted by molar-refractivity contribution is -0.137. The number of rotatable bonds is 5. The van der Waals surface area contributed by atoms with Crippen molar-refractivity contribution >= 4 is 11.5 Å². The van der Waals surface area contributed by atoms with Crippen molar-refractivity contribution in [3.05, 3.63) is 77.5 Å². The molecule has 7 heteroatoms. The first-order chi connectivity index (χ1) is 14.1. The Labute approximate surface area is 174 Å². The standard InChI is InChI=1S/C23H24F3N3O/c1-22(2,3)17-11-8-12-18(13-17)29(4)20-19(23(24,25)26)14-27-21(28-20)30-15-16-9-6-5-7-10-16/h5-14H,15H2,1-4H3. The summed E-state index contributed by atoms with van der Waals surface area (Å²) >= 11 is 0. The minimum absolute atomic E-state index is 0.110. The van der Waals surface area contributed by atoms with Crippen molar-refractivity contribution in [1.82, 2.24) is 9.97 Å². The fourth-order valence-electron chi connectivity index (χ4n) is 2.91. The van der Waals surface area contributed by atoms with Crippen LogP contribution in [-0.2, 0) is 18.2 Å². The summed E-state index contributed by atoms with van der Waals surface area (Å²) in [5.74, 6) is -0.258. The van der Waals surface area contributed by atoms with Crippen LogP contribution in [0.5, 0.6) is 6.01 Å². The number of hydrogen-bond acceptors (Lipinski definition) is 4. The van der Waals surface area contributed by atoms with Gasteiger partial charge in [0.1, 0.15) is 12.2 Å². The number of nitrogens with zero attached hydrogens (tertiary/aromatic N) is 3. The molecule has 4 nitrogen and oxygen atoms in total. The monoisotopic (exact) mass is 415 g/mol. The Morgan fingerprint density at radius 3 is 2.30 bits per heavy atom. The van der Waals surface area contributed by atoms with Crippen molar-refractivity contribution in [1.29, 1.82) is 0 Å². The molecule has 0 bridgehead atoms. The molecule has 0 aliphatic heterocycles. The van der Waals surface area contributed by atoms with E-state index in [0.717, 1.165) is 17.3 Å². The molecule has 3 aromatic rings. The lowest BCUT2D eigenvalue weighted by Crippen LogP contribution is -2.20. The maximum Gasteiger partial charge on any atom is 0.421 e. The van der Waals surface area contributed by atoms with Gasteiger partial charge < -0.3 is 9.64 Å². The Kier molecular flexibility index (Phi) is 6.01. The molecule has 0 atom stereocenters. The first-order valence-electron chi connectivity index (χ1n) is 9.51. The molecule has 3 rings (SSSR count). The number of aromatic nitrogens is 2. The first kappa shape index (κ1) is 21.6. The van der Waals surface area contributed by atoms with Crippen molar-refractivity contribution in [2.45, 2.75) is 39.0 Å². The third kappa shape index (κ3) is 5.09. The summed E-state index contributed by atoms with van der Waals surface area (Å²) in [4.78, 5) is 9.28. The van der Waals surface area contributed by atoms with Crippen LogP contribution in [-0.4, -0.2) is 17.0 Å². The van der Waals surface area contributed by atoms with Gasteiger partial charge in [0.25, 0.3) is 0 Å². The SMILES string of the molecule is CN(c1cccc(C(C)(C)C)c1)c1nc(OCc2ccccc2)ncc1C(F)(F)F. The van der Waals surface area contributed by atoms with Gasteiger partial charge in [0.15, 0.2) is 5.82 Å². The summed E-state index contributed by atoms with van der Waals surface area (Å²) < 4.78 is 46.4. The zero-order valence-electron chi connectivity index (χ0n) is 17.4. The third-order valence-corrected chi connectivity index (χ3v) is 4.68. The van der Waals surface area contributed by atoms with Crippen LogP contribution in [0.4, 0.5) is 24.7 Å². The maximum atomic E-state index is 13.6. The molecule has 0 saturated carbocycles. The lowest BCUT2D eigenvalue weighted by atomic mass is 9.87. The Bertz CT molecular complexity index is 999. The van der Waals surface area contributed by atoms with Crippen LogP contribution in [0.25, 0.3) is 0 Å².